The fraction of sp³-hybridized carbons (Fsp3) is 0.357. The molecule has 0 atom stereocenters. The van der Waals surface area contributed by atoms with Crippen molar-refractivity contribution in [2.75, 3.05) is 12.4 Å². The number of fused-ring (bicyclic) bond motifs is 1. The molecule has 0 spiro atoms. The second kappa shape index (κ2) is 6.71. The van der Waals surface area contributed by atoms with E-state index in [0.29, 0.717) is 35.5 Å². The fourth-order valence-corrected chi connectivity index (χ4v) is 2.91. The van der Waals surface area contributed by atoms with Crippen molar-refractivity contribution in [3.63, 3.8) is 0 Å². The van der Waals surface area contributed by atoms with Gasteiger partial charge in [0.25, 0.3) is 0 Å². The Morgan fingerprint density at radius 1 is 1.60 bits per heavy atom. The number of carbonyl (C=O) groups is 1. The zero-order valence-corrected chi connectivity index (χ0v) is 14.0. The molecule has 1 aliphatic heterocycles. The highest BCUT2D eigenvalue weighted by atomic mass is 127. The molecule has 0 aliphatic carbocycles. The molecule has 0 bridgehead atoms. The van der Waals surface area contributed by atoms with E-state index >= 15 is 0 Å². The van der Waals surface area contributed by atoms with Crippen LogP contribution in [0.15, 0.2) is 12.7 Å². The highest BCUT2D eigenvalue weighted by Crippen LogP contribution is 2.42. The first kappa shape index (κ1) is 15.5. The van der Waals surface area contributed by atoms with Gasteiger partial charge in [-0.2, -0.15) is 0 Å². The lowest BCUT2D eigenvalue weighted by Crippen LogP contribution is -2.08. The van der Waals surface area contributed by atoms with Crippen molar-refractivity contribution in [2.45, 2.75) is 20.0 Å². The summed E-state index contributed by atoms with van der Waals surface area (Å²) in [5, 5.41) is 10.3. The van der Waals surface area contributed by atoms with E-state index in [2.05, 4.69) is 27.8 Å². The maximum absolute atomic E-state index is 11.9. The van der Waals surface area contributed by atoms with Gasteiger partial charge in [-0.05, 0) is 40.1 Å². The van der Waals surface area contributed by atoms with Gasteiger partial charge >= 0.3 is 5.97 Å². The van der Waals surface area contributed by atoms with Gasteiger partial charge in [-0.3, -0.25) is 0 Å². The topological polar surface area (TPSA) is 55.8 Å². The number of hydrogen-bond acceptors (Lipinski definition) is 5. The van der Waals surface area contributed by atoms with Crippen LogP contribution in [0.25, 0.3) is 0 Å². The minimum atomic E-state index is -0.384. The van der Waals surface area contributed by atoms with E-state index in [9.17, 15) is 9.90 Å². The molecule has 0 unspecified atom stereocenters. The average Bonchev–Trinajstić information content (AvgIpc) is 2.81. The van der Waals surface area contributed by atoms with Crippen LogP contribution >= 0.6 is 30.1 Å². The minimum absolute atomic E-state index is 0.166. The second-order valence-corrected chi connectivity index (χ2v) is 6.86. The number of benzene rings is 1. The van der Waals surface area contributed by atoms with Crippen molar-refractivity contribution in [1.82, 2.24) is 0 Å². The van der Waals surface area contributed by atoms with Crippen LogP contribution in [-0.4, -0.2) is 23.4 Å². The number of esters is 1. The third-order valence-corrected chi connectivity index (χ3v) is 4.85. The summed E-state index contributed by atoms with van der Waals surface area (Å²) in [5.41, 5.74) is 2.46. The smallest absolute Gasteiger partial charge is 0.342 e. The van der Waals surface area contributed by atoms with E-state index in [-0.39, 0.29) is 18.3 Å². The summed E-state index contributed by atoms with van der Waals surface area (Å²) in [7, 11) is 1.63. The predicted molar refractivity (Wildman–Crippen MR) is 87.8 cm³/mol. The lowest BCUT2D eigenvalue weighted by Gasteiger charge is -2.16. The second-order valence-electron chi connectivity index (χ2n) is 4.37. The Hall–Kier alpha value is -0.890. The van der Waals surface area contributed by atoms with Gasteiger partial charge in [0.05, 0.1) is 6.61 Å². The van der Waals surface area contributed by atoms with Crippen LogP contribution in [0.5, 0.6) is 11.5 Å². The normalized spacial score (nSPS) is 13.0. The summed E-state index contributed by atoms with van der Waals surface area (Å²) >= 11 is 2.19. The van der Waals surface area contributed by atoms with Crippen molar-refractivity contribution >= 4 is 36.1 Å². The summed E-state index contributed by atoms with van der Waals surface area (Å²) in [5.74, 6) is 1.02. The number of aromatic hydroxyl groups is 1. The summed E-state index contributed by atoms with van der Waals surface area (Å²) < 4.78 is 10.8. The summed E-state index contributed by atoms with van der Waals surface area (Å²) in [4.78, 5) is 11.9. The SMILES string of the molecule is C=CCc1c(O)c(C)c2c(c1OCCSI)C(=O)OC2. The van der Waals surface area contributed by atoms with Gasteiger partial charge in [0.15, 0.2) is 0 Å². The summed E-state index contributed by atoms with van der Waals surface area (Å²) in [6, 6.07) is 0. The Labute approximate surface area is 134 Å². The van der Waals surface area contributed by atoms with Crippen LogP contribution in [0, 0.1) is 6.92 Å². The molecular weight excluding hydrogens is 391 g/mol. The van der Waals surface area contributed by atoms with Crippen molar-refractivity contribution in [2.24, 2.45) is 0 Å². The van der Waals surface area contributed by atoms with Crippen LogP contribution in [0.4, 0.5) is 0 Å². The molecule has 6 heteroatoms. The Morgan fingerprint density at radius 2 is 2.35 bits per heavy atom. The van der Waals surface area contributed by atoms with E-state index in [0.717, 1.165) is 11.3 Å². The molecule has 108 valence electrons. The van der Waals surface area contributed by atoms with Gasteiger partial charge in [-0.15, -0.1) is 6.58 Å². The first-order chi connectivity index (χ1) is 9.61. The van der Waals surface area contributed by atoms with Gasteiger partial charge in [-0.25, -0.2) is 4.79 Å². The first-order valence-corrected chi connectivity index (χ1v) is 9.66. The number of cyclic esters (lactones) is 1. The monoisotopic (exact) mass is 406 g/mol. The Balaban J connectivity index is 2.54. The van der Waals surface area contributed by atoms with Crippen LogP contribution in [-0.2, 0) is 17.8 Å². The fourth-order valence-electron chi connectivity index (χ4n) is 2.23. The largest absolute Gasteiger partial charge is 0.507 e. The van der Waals surface area contributed by atoms with Crippen molar-refractivity contribution in [3.8, 4) is 11.5 Å². The van der Waals surface area contributed by atoms with Crippen LogP contribution in [0.1, 0.15) is 27.0 Å². The van der Waals surface area contributed by atoms with E-state index in [1.54, 1.807) is 21.9 Å². The van der Waals surface area contributed by atoms with E-state index < -0.39 is 0 Å². The van der Waals surface area contributed by atoms with Gasteiger partial charge < -0.3 is 14.6 Å². The lowest BCUT2D eigenvalue weighted by molar-refractivity contribution is 0.0532. The summed E-state index contributed by atoms with van der Waals surface area (Å²) in [6.45, 7) is 6.14. The van der Waals surface area contributed by atoms with E-state index in [4.69, 9.17) is 9.47 Å². The number of allylic oxidation sites excluding steroid dienone is 1. The first-order valence-electron chi connectivity index (χ1n) is 6.13. The highest BCUT2D eigenvalue weighted by molar-refractivity contribution is 14.2. The number of hydrogen-bond donors (Lipinski definition) is 1. The predicted octanol–water partition coefficient (Wildman–Crippen LogP) is 3.56. The molecule has 0 saturated heterocycles. The van der Waals surface area contributed by atoms with E-state index in [1.165, 1.54) is 0 Å². The maximum atomic E-state index is 11.9. The highest BCUT2D eigenvalue weighted by Gasteiger charge is 2.32. The molecule has 0 radical (unpaired) electrons. The molecule has 0 fully saturated rings. The van der Waals surface area contributed by atoms with Crippen LogP contribution < -0.4 is 4.74 Å². The standard InChI is InChI=1S/C14H15IO4S/c1-3-4-9-12(16)8(2)10-7-19-14(17)11(10)13(9)18-5-6-20-15/h3,16H,1,4-7H2,2H3. The van der Waals surface area contributed by atoms with Gasteiger partial charge in [-0.1, -0.05) is 15.0 Å². The molecule has 2 rings (SSSR count). The third-order valence-electron chi connectivity index (χ3n) is 3.20. The number of ether oxygens (including phenoxy) is 2. The number of phenolic OH excluding ortho intramolecular Hbond substituents is 1. The molecule has 1 aromatic rings. The molecule has 1 aliphatic rings. The Bertz CT molecular complexity index is 557. The van der Waals surface area contributed by atoms with Crippen molar-refractivity contribution < 1.29 is 19.4 Å². The molecule has 1 aromatic carbocycles. The number of phenols is 1. The van der Waals surface area contributed by atoms with Crippen molar-refractivity contribution in [3.05, 3.63) is 34.9 Å². The zero-order valence-electron chi connectivity index (χ0n) is 11.1. The summed E-state index contributed by atoms with van der Waals surface area (Å²) in [6.07, 6.45) is 2.13. The van der Waals surface area contributed by atoms with Crippen LogP contribution in [0.3, 0.4) is 0 Å². The average molecular weight is 406 g/mol. The maximum Gasteiger partial charge on any atom is 0.342 e. The molecular formula is C14H15IO4S. The molecule has 0 saturated carbocycles. The van der Waals surface area contributed by atoms with Gasteiger partial charge in [0, 0.05) is 16.9 Å². The van der Waals surface area contributed by atoms with Gasteiger partial charge in [0.2, 0.25) is 0 Å². The van der Waals surface area contributed by atoms with Crippen molar-refractivity contribution in [1.29, 1.82) is 0 Å². The third kappa shape index (κ3) is 2.76. The Kier molecular flexibility index (Phi) is 5.20. The molecule has 0 amide bonds. The quantitative estimate of drug-likeness (QED) is 0.339. The zero-order chi connectivity index (χ0) is 14.7. The number of carbonyl (C=O) groups excluding carboxylic acids is 1. The Morgan fingerprint density at radius 3 is 3.00 bits per heavy atom. The molecule has 4 nitrogen and oxygen atoms in total. The lowest BCUT2D eigenvalue weighted by atomic mass is 9.95. The molecule has 20 heavy (non-hydrogen) atoms. The minimum Gasteiger partial charge on any atom is -0.507 e. The van der Waals surface area contributed by atoms with Crippen LogP contribution in [0.2, 0.25) is 0 Å². The molecule has 0 aromatic heterocycles. The van der Waals surface area contributed by atoms with Gasteiger partial charge in [0.1, 0.15) is 23.7 Å². The number of rotatable bonds is 6. The molecule has 1 N–H and O–H groups in total. The molecule has 1 heterocycles. The van der Waals surface area contributed by atoms with E-state index in [1.807, 2.05) is 0 Å². The number of halogens is 1.